The standard InChI is InChI=1S/C21H26N6OS/c1-29-21-24-19(26-12-5-6-13-26)17-15-23-27(20(17)25-21)14-11-22-18(28)10-9-16-7-3-2-4-8-16/h2-4,7-8,15H,5-6,9-14H2,1H3,(H,22,28). The molecule has 0 saturated carbocycles. The SMILES string of the molecule is CSc1nc(N2CCCC2)c2cnn(CCNC(=O)CCc3ccccc3)c2n1. The Morgan fingerprint density at radius 2 is 1.97 bits per heavy atom. The number of aromatic nitrogens is 4. The van der Waals surface area contributed by atoms with Gasteiger partial charge in [-0.05, 0) is 31.1 Å². The number of nitrogens with zero attached hydrogens (tertiary/aromatic N) is 5. The van der Waals surface area contributed by atoms with Gasteiger partial charge in [-0.1, -0.05) is 42.1 Å². The number of anilines is 1. The first-order valence-corrected chi connectivity index (χ1v) is 11.3. The maximum Gasteiger partial charge on any atom is 0.220 e. The molecule has 8 heteroatoms. The highest BCUT2D eigenvalue weighted by Crippen LogP contribution is 2.28. The van der Waals surface area contributed by atoms with Crippen molar-refractivity contribution in [3.8, 4) is 0 Å². The molecule has 1 fully saturated rings. The van der Waals surface area contributed by atoms with Crippen LogP contribution < -0.4 is 10.2 Å². The zero-order valence-corrected chi connectivity index (χ0v) is 17.5. The smallest absolute Gasteiger partial charge is 0.220 e. The minimum absolute atomic E-state index is 0.0579. The molecule has 0 unspecified atom stereocenters. The number of rotatable bonds is 8. The largest absolute Gasteiger partial charge is 0.356 e. The Bertz CT molecular complexity index is 968. The summed E-state index contributed by atoms with van der Waals surface area (Å²) in [6, 6.07) is 10.1. The van der Waals surface area contributed by atoms with Gasteiger partial charge in [0, 0.05) is 26.1 Å². The average Bonchev–Trinajstić information content (AvgIpc) is 3.43. The van der Waals surface area contributed by atoms with Gasteiger partial charge in [-0.3, -0.25) is 4.79 Å². The molecule has 7 nitrogen and oxygen atoms in total. The molecule has 1 N–H and O–H groups in total. The van der Waals surface area contributed by atoms with Crippen molar-refractivity contribution in [1.29, 1.82) is 0 Å². The van der Waals surface area contributed by atoms with Crippen LogP contribution >= 0.6 is 11.8 Å². The summed E-state index contributed by atoms with van der Waals surface area (Å²) < 4.78 is 1.87. The fourth-order valence-corrected chi connectivity index (χ4v) is 3.99. The molecule has 3 aromatic rings. The lowest BCUT2D eigenvalue weighted by Crippen LogP contribution is -2.27. The van der Waals surface area contributed by atoms with Crippen LogP contribution in [-0.4, -0.2) is 51.5 Å². The van der Waals surface area contributed by atoms with E-state index >= 15 is 0 Å². The van der Waals surface area contributed by atoms with E-state index in [1.165, 1.54) is 18.4 Å². The highest BCUT2D eigenvalue weighted by Gasteiger charge is 2.20. The van der Waals surface area contributed by atoms with Crippen molar-refractivity contribution >= 4 is 34.5 Å². The van der Waals surface area contributed by atoms with Gasteiger partial charge in [-0.2, -0.15) is 5.10 Å². The van der Waals surface area contributed by atoms with Crippen molar-refractivity contribution in [2.24, 2.45) is 0 Å². The normalized spacial score (nSPS) is 13.9. The van der Waals surface area contributed by atoms with E-state index in [9.17, 15) is 4.79 Å². The number of aryl methyl sites for hydroxylation is 1. The van der Waals surface area contributed by atoms with Gasteiger partial charge in [0.05, 0.1) is 18.1 Å². The topological polar surface area (TPSA) is 75.9 Å². The zero-order chi connectivity index (χ0) is 20.1. The van der Waals surface area contributed by atoms with E-state index in [-0.39, 0.29) is 5.91 Å². The molecular weight excluding hydrogens is 384 g/mol. The van der Waals surface area contributed by atoms with Crippen LogP contribution in [0.5, 0.6) is 0 Å². The summed E-state index contributed by atoms with van der Waals surface area (Å²) in [7, 11) is 0. The second-order valence-corrected chi connectivity index (χ2v) is 7.94. The summed E-state index contributed by atoms with van der Waals surface area (Å²) in [6.45, 7) is 3.18. The fraction of sp³-hybridized carbons (Fsp3) is 0.429. The van der Waals surface area contributed by atoms with Crippen LogP contribution in [0.1, 0.15) is 24.8 Å². The van der Waals surface area contributed by atoms with Crippen molar-refractivity contribution in [1.82, 2.24) is 25.1 Å². The minimum Gasteiger partial charge on any atom is -0.356 e. The van der Waals surface area contributed by atoms with E-state index in [0.29, 0.717) is 19.5 Å². The Hall–Kier alpha value is -2.61. The molecule has 4 rings (SSSR count). The van der Waals surface area contributed by atoms with Crippen LogP contribution in [0.25, 0.3) is 11.0 Å². The molecule has 1 aromatic carbocycles. The van der Waals surface area contributed by atoms with Crippen molar-refractivity contribution in [2.45, 2.75) is 37.4 Å². The van der Waals surface area contributed by atoms with Crippen LogP contribution in [0.4, 0.5) is 5.82 Å². The maximum atomic E-state index is 12.2. The summed E-state index contributed by atoms with van der Waals surface area (Å²) in [5, 5.41) is 9.26. The number of fused-ring (bicyclic) bond motifs is 1. The van der Waals surface area contributed by atoms with Gasteiger partial charge in [0.25, 0.3) is 0 Å². The van der Waals surface area contributed by atoms with Crippen LogP contribution in [0.15, 0.2) is 41.7 Å². The van der Waals surface area contributed by atoms with Crippen LogP contribution in [0.2, 0.25) is 0 Å². The van der Waals surface area contributed by atoms with Crippen LogP contribution in [-0.2, 0) is 17.8 Å². The van der Waals surface area contributed by atoms with E-state index < -0.39 is 0 Å². The number of hydrogen-bond acceptors (Lipinski definition) is 6. The van der Waals surface area contributed by atoms with Gasteiger partial charge < -0.3 is 10.2 Å². The molecule has 1 amide bonds. The molecular formula is C21H26N6OS. The number of amides is 1. The molecule has 0 aliphatic carbocycles. The zero-order valence-electron chi connectivity index (χ0n) is 16.7. The second-order valence-electron chi connectivity index (χ2n) is 7.17. The molecule has 0 bridgehead atoms. The molecule has 29 heavy (non-hydrogen) atoms. The van der Waals surface area contributed by atoms with E-state index in [0.717, 1.165) is 41.5 Å². The lowest BCUT2D eigenvalue weighted by Gasteiger charge is -2.17. The molecule has 1 aliphatic heterocycles. The Kier molecular flexibility index (Phi) is 6.29. The maximum absolute atomic E-state index is 12.2. The number of thioether (sulfide) groups is 1. The van der Waals surface area contributed by atoms with E-state index in [1.54, 1.807) is 11.8 Å². The number of benzene rings is 1. The van der Waals surface area contributed by atoms with Crippen LogP contribution in [0, 0.1) is 0 Å². The van der Waals surface area contributed by atoms with Crippen molar-refractivity contribution < 1.29 is 4.79 Å². The summed E-state index contributed by atoms with van der Waals surface area (Å²) in [5.41, 5.74) is 2.02. The van der Waals surface area contributed by atoms with Crippen LogP contribution in [0.3, 0.4) is 0 Å². The fourth-order valence-electron chi connectivity index (χ4n) is 3.64. The Morgan fingerprint density at radius 1 is 1.17 bits per heavy atom. The molecule has 3 heterocycles. The number of hydrogen-bond donors (Lipinski definition) is 1. The molecule has 1 saturated heterocycles. The quantitative estimate of drug-likeness (QED) is 0.455. The van der Waals surface area contributed by atoms with Gasteiger partial charge in [0.15, 0.2) is 10.8 Å². The molecule has 152 valence electrons. The van der Waals surface area contributed by atoms with Crippen molar-refractivity contribution in [3.63, 3.8) is 0 Å². The lowest BCUT2D eigenvalue weighted by atomic mass is 10.1. The van der Waals surface area contributed by atoms with Crippen molar-refractivity contribution in [3.05, 3.63) is 42.1 Å². The highest BCUT2D eigenvalue weighted by atomic mass is 32.2. The predicted octanol–water partition coefficient (Wildman–Crippen LogP) is 2.90. The van der Waals surface area contributed by atoms with Gasteiger partial charge >= 0.3 is 0 Å². The summed E-state index contributed by atoms with van der Waals surface area (Å²) in [5.74, 6) is 1.04. The van der Waals surface area contributed by atoms with E-state index in [2.05, 4.69) is 20.3 Å². The van der Waals surface area contributed by atoms with Gasteiger partial charge in [0.1, 0.15) is 5.82 Å². The van der Waals surface area contributed by atoms with E-state index in [1.807, 2.05) is 47.5 Å². The Morgan fingerprint density at radius 3 is 2.72 bits per heavy atom. The predicted molar refractivity (Wildman–Crippen MR) is 116 cm³/mol. The van der Waals surface area contributed by atoms with E-state index in [4.69, 9.17) is 4.98 Å². The van der Waals surface area contributed by atoms with Gasteiger partial charge in [0.2, 0.25) is 5.91 Å². The highest BCUT2D eigenvalue weighted by molar-refractivity contribution is 7.98. The minimum atomic E-state index is 0.0579. The Labute approximate surface area is 174 Å². The number of carbonyl (C=O) groups is 1. The summed E-state index contributed by atoms with van der Waals surface area (Å²) in [4.78, 5) is 23.9. The third kappa shape index (κ3) is 4.70. The monoisotopic (exact) mass is 410 g/mol. The number of carbonyl (C=O) groups excluding carboxylic acids is 1. The van der Waals surface area contributed by atoms with Gasteiger partial charge in [-0.15, -0.1) is 0 Å². The lowest BCUT2D eigenvalue weighted by molar-refractivity contribution is -0.121. The molecule has 0 radical (unpaired) electrons. The average molecular weight is 411 g/mol. The van der Waals surface area contributed by atoms with Crippen molar-refractivity contribution in [2.75, 3.05) is 30.8 Å². The first-order chi connectivity index (χ1) is 14.2. The second kappa shape index (κ2) is 9.26. The molecule has 1 aliphatic rings. The first-order valence-electron chi connectivity index (χ1n) is 10.1. The number of nitrogens with one attached hydrogen (secondary N) is 1. The van der Waals surface area contributed by atoms with Gasteiger partial charge in [-0.25, -0.2) is 14.6 Å². The first kappa shape index (κ1) is 19.7. The summed E-state index contributed by atoms with van der Waals surface area (Å²) in [6.07, 6.45) is 7.47. The third-order valence-electron chi connectivity index (χ3n) is 5.17. The third-order valence-corrected chi connectivity index (χ3v) is 5.72. The molecule has 0 spiro atoms. The Balaban J connectivity index is 1.39. The summed E-state index contributed by atoms with van der Waals surface area (Å²) >= 11 is 1.54. The molecule has 2 aromatic heterocycles. The molecule has 0 atom stereocenters.